The fourth-order valence-corrected chi connectivity index (χ4v) is 4.15. The van der Waals surface area contributed by atoms with Crippen LogP contribution in [0.2, 0.25) is 5.02 Å². The van der Waals surface area contributed by atoms with E-state index < -0.39 is 0 Å². The molecular formula is C19H21ClN6S. The van der Waals surface area contributed by atoms with Crippen molar-refractivity contribution in [2.45, 2.75) is 4.90 Å². The average molecular weight is 401 g/mol. The molecule has 1 aliphatic rings. The molecule has 3 aromatic rings. The van der Waals surface area contributed by atoms with Crippen molar-refractivity contribution in [1.82, 2.24) is 25.1 Å². The van der Waals surface area contributed by atoms with Crippen LogP contribution in [0.3, 0.4) is 0 Å². The Morgan fingerprint density at radius 2 is 1.67 bits per heavy atom. The van der Waals surface area contributed by atoms with E-state index >= 15 is 0 Å². The van der Waals surface area contributed by atoms with Crippen LogP contribution in [0.15, 0.2) is 59.5 Å². The minimum atomic E-state index is 0.785. The number of anilines is 1. The number of halogens is 1. The summed E-state index contributed by atoms with van der Waals surface area (Å²) < 4.78 is 1.81. The monoisotopic (exact) mass is 400 g/mol. The zero-order valence-corrected chi connectivity index (χ0v) is 16.5. The quantitative estimate of drug-likeness (QED) is 0.592. The lowest BCUT2D eigenvalue weighted by Gasteiger charge is -2.34. The Hall–Kier alpha value is -2.09. The molecular weight excluding hydrogens is 380 g/mol. The second kappa shape index (κ2) is 8.73. The molecule has 4 rings (SSSR count). The van der Waals surface area contributed by atoms with Gasteiger partial charge >= 0.3 is 0 Å². The summed E-state index contributed by atoms with van der Waals surface area (Å²) in [4.78, 5) is 6.02. The molecule has 0 N–H and O–H groups in total. The number of hydrogen-bond acceptors (Lipinski definition) is 6. The van der Waals surface area contributed by atoms with Gasteiger partial charge in [-0.1, -0.05) is 34.9 Å². The average Bonchev–Trinajstić information content (AvgIpc) is 3.21. The first kappa shape index (κ1) is 18.3. The Morgan fingerprint density at radius 3 is 2.41 bits per heavy atom. The second-order valence-corrected chi connectivity index (χ2v) is 7.96. The lowest BCUT2D eigenvalue weighted by molar-refractivity contribution is 0.271. The molecule has 2 aromatic carbocycles. The first-order valence-corrected chi connectivity index (χ1v) is 10.4. The van der Waals surface area contributed by atoms with Gasteiger partial charge in [0.2, 0.25) is 5.95 Å². The summed E-state index contributed by atoms with van der Waals surface area (Å²) in [5, 5.41) is 13.1. The van der Waals surface area contributed by atoms with Gasteiger partial charge in [0.05, 0.1) is 5.69 Å². The molecule has 0 bridgehead atoms. The second-order valence-electron chi connectivity index (χ2n) is 6.36. The molecule has 0 radical (unpaired) electrons. The summed E-state index contributed by atoms with van der Waals surface area (Å²) in [6.45, 7) is 4.97. The standard InChI is InChI=1S/C19H21ClN6S/c20-16-6-8-18(9-7-16)27-15-14-24-10-12-25(13-11-24)19-21-22-23-26(19)17-4-2-1-3-5-17/h1-9H,10-15H2. The maximum Gasteiger partial charge on any atom is 0.250 e. The highest BCUT2D eigenvalue weighted by Crippen LogP contribution is 2.21. The molecule has 8 heteroatoms. The summed E-state index contributed by atoms with van der Waals surface area (Å²) in [6, 6.07) is 18.1. The van der Waals surface area contributed by atoms with E-state index in [4.69, 9.17) is 11.6 Å². The molecule has 0 atom stereocenters. The van der Waals surface area contributed by atoms with Crippen molar-refractivity contribution < 1.29 is 0 Å². The number of benzene rings is 2. The molecule has 0 unspecified atom stereocenters. The molecule has 1 fully saturated rings. The van der Waals surface area contributed by atoms with E-state index in [2.05, 4.69) is 37.5 Å². The fraction of sp³-hybridized carbons (Fsp3) is 0.316. The highest BCUT2D eigenvalue weighted by atomic mass is 35.5. The van der Waals surface area contributed by atoms with Gasteiger partial charge in [-0.3, -0.25) is 4.90 Å². The van der Waals surface area contributed by atoms with E-state index in [-0.39, 0.29) is 0 Å². The number of rotatable bonds is 6. The van der Waals surface area contributed by atoms with E-state index in [1.54, 1.807) is 0 Å². The molecule has 1 saturated heterocycles. The molecule has 140 valence electrons. The predicted molar refractivity (Wildman–Crippen MR) is 110 cm³/mol. The van der Waals surface area contributed by atoms with Crippen molar-refractivity contribution in [3.63, 3.8) is 0 Å². The number of hydrogen-bond donors (Lipinski definition) is 0. The van der Waals surface area contributed by atoms with Crippen LogP contribution in [0.1, 0.15) is 0 Å². The number of tetrazole rings is 1. The first-order valence-electron chi connectivity index (χ1n) is 8.99. The first-order chi connectivity index (χ1) is 13.3. The van der Waals surface area contributed by atoms with Crippen molar-refractivity contribution in [1.29, 1.82) is 0 Å². The van der Waals surface area contributed by atoms with Crippen molar-refractivity contribution in [3.05, 3.63) is 59.6 Å². The normalized spacial score (nSPS) is 15.2. The topological polar surface area (TPSA) is 50.1 Å². The molecule has 0 amide bonds. The van der Waals surface area contributed by atoms with Gasteiger partial charge in [-0.15, -0.1) is 11.8 Å². The van der Waals surface area contributed by atoms with Gasteiger partial charge in [-0.05, 0) is 46.8 Å². The Kier molecular flexibility index (Phi) is 5.91. The number of para-hydroxylation sites is 1. The molecule has 0 saturated carbocycles. The van der Waals surface area contributed by atoms with Crippen molar-refractivity contribution in [2.75, 3.05) is 43.4 Å². The number of thioether (sulfide) groups is 1. The van der Waals surface area contributed by atoms with Crippen molar-refractivity contribution in [2.24, 2.45) is 0 Å². The third-order valence-electron chi connectivity index (χ3n) is 4.60. The van der Waals surface area contributed by atoms with Crippen LogP contribution in [0.4, 0.5) is 5.95 Å². The summed E-state index contributed by atoms with van der Waals surface area (Å²) >= 11 is 7.81. The smallest absolute Gasteiger partial charge is 0.250 e. The molecule has 2 heterocycles. The lowest BCUT2D eigenvalue weighted by atomic mass is 10.3. The Bertz CT molecular complexity index is 846. The van der Waals surface area contributed by atoms with E-state index in [0.29, 0.717) is 0 Å². The summed E-state index contributed by atoms with van der Waals surface area (Å²) in [5.41, 5.74) is 0.985. The molecule has 6 nitrogen and oxygen atoms in total. The molecule has 0 spiro atoms. The van der Waals surface area contributed by atoms with E-state index in [1.165, 1.54) is 4.90 Å². The van der Waals surface area contributed by atoms with Crippen LogP contribution in [0.25, 0.3) is 5.69 Å². The number of piperazine rings is 1. The SMILES string of the molecule is Clc1ccc(SCCN2CCN(c3nnnn3-c3ccccc3)CC2)cc1. The van der Waals surface area contributed by atoms with Gasteiger partial charge in [0.15, 0.2) is 0 Å². The highest BCUT2D eigenvalue weighted by Gasteiger charge is 2.22. The van der Waals surface area contributed by atoms with Gasteiger partial charge in [-0.25, -0.2) is 0 Å². The molecule has 27 heavy (non-hydrogen) atoms. The zero-order valence-electron chi connectivity index (χ0n) is 14.9. The third kappa shape index (κ3) is 4.61. The molecule has 1 aromatic heterocycles. The summed E-state index contributed by atoms with van der Waals surface area (Å²) in [5.74, 6) is 1.89. The van der Waals surface area contributed by atoms with Gasteiger partial charge in [-0.2, -0.15) is 4.68 Å². The molecule has 0 aliphatic carbocycles. The summed E-state index contributed by atoms with van der Waals surface area (Å²) in [7, 11) is 0. The van der Waals surface area contributed by atoms with Gasteiger partial charge in [0.25, 0.3) is 0 Å². The third-order valence-corrected chi connectivity index (χ3v) is 5.84. The van der Waals surface area contributed by atoms with Crippen LogP contribution < -0.4 is 4.90 Å². The zero-order chi connectivity index (χ0) is 18.5. The lowest BCUT2D eigenvalue weighted by Crippen LogP contribution is -2.47. The highest BCUT2D eigenvalue weighted by molar-refractivity contribution is 7.99. The van der Waals surface area contributed by atoms with Gasteiger partial charge in [0, 0.05) is 48.4 Å². The fourth-order valence-electron chi connectivity index (χ4n) is 3.11. The van der Waals surface area contributed by atoms with Crippen molar-refractivity contribution in [3.8, 4) is 5.69 Å². The van der Waals surface area contributed by atoms with E-state index in [0.717, 1.165) is 55.1 Å². The van der Waals surface area contributed by atoms with E-state index in [1.807, 2.05) is 58.9 Å². The minimum absolute atomic E-state index is 0.785. The maximum atomic E-state index is 5.94. The van der Waals surface area contributed by atoms with Crippen LogP contribution >= 0.6 is 23.4 Å². The van der Waals surface area contributed by atoms with Crippen LogP contribution in [0, 0.1) is 0 Å². The number of aromatic nitrogens is 4. The largest absolute Gasteiger partial charge is 0.337 e. The summed E-state index contributed by atoms with van der Waals surface area (Å²) in [6.07, 6.45) is 0. The predicted octanol–water partition coefficient (Wildman–Crippen LogP) is 3.23. The van der Waals surface area contributed by atoms with Crippen LogP contribution in [-0.4, -0.2) is 63.6 Å². The number of nitrogens with zero attached hydrogens (tertiary/aromatic N) is 6. The molecule has 1 aliphatic heterocycles. The van der Waals surface area contributed by atoms with Gasteiger partial charge in [0.1, 0.15) is 0 Å². The van der Waals surface area contributed by atoms with Crippen LogP contribution in [0.5, 0.6) is 0 Å². The van der Waals surface area contributed by atoms with E-state index in [9.17, 15) is 0 Å². The maximum absolute atomic E-state index is 5.94. The van der Waals surface area contributed by atoms with Crippen molar-refractivity contribution >= 4 is 29.3 Å². The van der Waals surface area contributed by atoms with Crippen LogP contribution in [-0.2, 0) is 0 Å². The Balaban J connectivity index is 1.28. The Labute approximate surface area is 168 Å². The van der Waals surface area contributed by atoms with Gasteiger partial charge < -0.3 is 4.90 Å². The minimum Gasteiger partial charge on any atom is -0.337 e. The Morgan fingerprint density at radius 1 is 0.926 bits per heavy atom.